The topological polar surface area (TPSA) is 50.3 Å². The molecule has 0 atom stereocenters. The molecule has 0 aliphatic rings. The molecular weight excluding hydrogens is 336 g/mol. The fourth-order valence-electron chi connectivity index (χ4n) is 3.41. The summed E-state index contributed by atoms with van der Waals surface area (Å²) in [5.74, 6) is -0.161. The average molecular weight is 357 g/mol. The number of hydrogen-bond acceptors (Lipinski definition) is 2. The maximum absolute atomic E-state index is 12.0. The number of fused-ring (bicyclic) bond motifs is 3. The number of benzene rings is 2. The highest BCUT2D eigenvalue weighted by atomic mass is 16.2. The molecule has 0 fully saturated rings. The summed E-state index contributed by atoms with van der Waals surface area (Å²) in [5.41, 5.74) is 5.98. The van der Waals surface area contributed by atoms with E-state index in [1.807, 2.05) is 36.7 Å². The van der Waals surface area contributed by atoms with Crippen molar-refractivity contribution in [1.82, 2.24) is 9.99 Å². The zero-order valence-electron chi connectivity index (χ0n) is 15.2. The second kappa shape index (κ2) is 7.41. The molecule has 5 nitrogen and oxygen atoms in total. The zero-order chi connectivity index (χ0) is 18.6. The maximum Gasteiger partial charge on any atom is 0.305 e. The van der Waals surface area contributed by atoms with Crippen LogP contribution in [0.1, 0.15) is 12.5 Å². The van der Waals surface area contributed by atoms with Crippen molar-refractivity contribution in [3.05, 3.63) is 78.6 Å². The first-order valence-corrected chi connectivity index (χ1v) is 9.03. The number of hydrogen-bond donors (Lipinski definition) is 1. The van der Waals surface area contributed by atoms with Crippen LogP contribution in [0.3, 0.4) is 0 Å². The third-order valence-electron chi connectivity index (χ3n) is 4.62. The number of hydrazone groups is 1. The standard InChI is InChI=1S/C22H20N4O/c1-2-26-20-9-5-4-8-18(20)19-14-17(10-11-21(19)26)15-23-24-22(27)16-25-12-6-3-7-13-25/h3-15H,2,16H2,1H3/p+1/b23-15+. The van der Waals surface area contributed by atoms with Crippen LogP contribution in [0, 0.1) is 0 Å². The third kappa shape index (κ3) is 3.44. The summed E-state index contributed by atoms with van der Waals surface area (Å²) < 4.78 is 4.11. The predicted octanol–water partition coefficient (Wildman–Crippen LogP) is 3.25. The Labute approximate surface area is 157 Å². The number of aryl methyl sites for hydroxylation is 1. The molecular formula is C22H21N4O+. The minimum atomic E-state index is -0.161. The van der Waals surface area contributed by atoms with Crippen LogP contribution in [0.4, 0.5) is 0 Å². The molecule has 0 aliphatic carbocycles. The summed E-state index contributed by atoms with van der Waals surface area (Å²) >= 11 is 0. The van der Waals surface area contributed by atoms with Gasteiger partial charge in [0.25, 0.3) is 0 Å². The highest BCUT2D eigenvalue weighted by Crippen LogP contribution is 2.29. The molecule has 0 aliphatic heterocycles. The summed E-state index contributed by atoms with van der Waals surface area (Å²) in [6.07, 6.45) is 5.38. The Morgan fingerprint density at radius 3 is 2.63 bits per heavy atom. The highest BCUT2D eigenvalue weighted by molar-refractivity contribution is 6.09. The summed E-state index contributed by atoms with van der Waals surface area (Å²) in [5, 5.41) is 6.53. The van der Waals surface area contributed by atoms with Crippen LogP contribution in [-0.4, -0.2) is 16.7 Å². The van der Waals surface area contributed by atoms with E-state index in [1.54, 1.807) is 10.8 Å². The van der Waals surface area contributed by atoms with E-state index >= 15 is 0 Å². The molecule has 5 heteroatoms. The molecule has 27 heavy (non-hydrogen) atoms. The molecule has 0 saturated carbocycles. The normalized spacial score (nSPS) is 11.4. The molecule has 134 valence electrons. The van der Waals surface area contributed by atoms with Gasteiger partial charge in [-0.05, 0) is 30.7 Å². The van der Waals surface area contributed by atoms with Crippen LogP contribution < -0.4 is 9.99 Å². The van der Waals surface area contributed by atoms with Crippen LogP contribution in [-0.2, 0) is 17.9 Å². The lowest BCUT2D eigenvalue weighted by atomic mass is 10.1. The van der Waals surface area contributed by atoms with Crippen molar-refractivity contribution in [3.8, 4) is 0 Å². The van der Waals surface area contributed by atoms with E-state index in [-0.39, 0.29) is 12.5 Å². The Kier molecular flexibility index (Phi) is 4.66. The lowest BCUT2D eigenvalue weighted by Crippen LogP contribution is -2.40. The van der Waals surface area contributed by atoms with Gasteiger partial charge in [0.15, 0.2) is 12.4 Å². The summed E-state index contributed by atoms with van der Waals surface area (Å²) in [6.45, 7) is 3.31. The van der Waals surface area contributed by atoms with Crippen molar-refractivity contribution < 1.29 is 9.36 Å². The first-order chi connectivity index (χ1) is 13.3. The number of aromatic nitrogens is 2. The van der Waals surface area contributed by atoms with Gasteiger partial charge >= 0.3 is 5.91 Å². The van der Waals surface area contributed by atoms with Gasteiger partial charge in [-0.25, -0.2) is 5.43 Å². The number of rotatable bonds is 5. The van der Waals surface area contributed by atoms with Gasteiger partial charge in [0.1, 0.15) is 0 Å². The highest BCUT2D eigenvalue weighted by Gasteiger charge is 2.09. The summed E-state index contributed by atoms with van der Waals surface area (Å²) in [4.78, 5) is 12.0. The van der Waals surface area contributed by atoms with Gasteiger partial charge < -0.3 is 4.57 Å². The van der Waals surface area contributed by atoms with Crippen LogP contribution in [0.2, 0.25) is 0 Å². The lowest BCUT2D eigenvalue weighted by molar-refractivity contribution is -0.684. The first-order valence-electron chi connectivity index (χ1n) is 9.03. The van der Waals surface area contributed by atoms with Gasteiger partial charge in [-0.1, -0.05) is 30.3 Å². The van der Waals surface area contributed by atoms with Crippen molar-refractivity contribution in [2.24, 2.45) is 5.10 Å². The molecule has 4 aromatic rings. The smallest absolute Gasteiger partial charge is 0.305 e. The molecule has 0 saturated heterocycles. The molecule has 1 N–H and O–H groups in total. The third-order valence-corrected chi connectivity index (χ3v) is 4.62. The van der Waals surface area contributed by atoms with E-state index in [9.17, 15) is 4.79 Å². The molecule has 4 rings (SSSR count). The molecule has 0 radical (unpaired) electrons. The second-order valence-corrected chi connectivity index (χ2v) is 6.38. The van der Waals surface area contributed by atoms with Gasteiger partial charge in [0.2, 0.25) is 6.54 Å². The van der Waals surface area contributed by atoms with Crippen molar-refractivity contribution in [1.29, 1.82) is 0 Å². The van der Waals surface area contributed by atoms with Gasteiger partial charge in [-0.2, -0.15) is 9.67 Å². The number of carbonyl (C=O) groups is 1. The molecule has 2 aromatic heterocycles. The molecule has 2 aromatic carbocycles. The number of pyridine rings is 1. The van der Waals surface area contributed by atoms with Gasteiger partial charge in [0.05, 0.1) is 6.21 Å². The largest absolute Gasteiger partial charge is 0.341 e. The van der Waals surface area contributed by atoms with E-state index in [2.05, 4.69) is 58.4 Å². The second-order valence-electron chi connectivity index (χ2n) is 6.38. The fraction of sp³-hybridized carbons (Fsp3) is 0.136. The Morgan fingerprint density at radius 1 is 1.04 bits per heavy atom. The number of nitrogens with one attached hydrogen (secondary N) is 1. The van der Waals surface area contributed by atoms with Crippen molar-refractivity contribution in [2.75, 3.05) is 0 Å². The van der Waals surface area contributed by atoms with Crippen LogP contribution in [0.5, 0.6) is 0 Å². The first kappa shape index (κ1) is 17.0. The number of nitrogens with zero attached hydrogens (tertiary/aromatic N) is 3. The maximum atomic E-state index is 12.0. The summed E-state index contributed by atoms with van der Waals surface area (Å²) in [6, 6.07) is 20.4. The van der Waals surface area contributed by atoms with Crippen molar-refractivity contribution in [2.45, 2.75) is 20.0 Å². The van der Waals surface area contributed by atoms with Gasteiger partial charge in [-0.15, -0.1) is 0 Å². The minimum absolute atomic E-state index is 0.161. The van der Waals surface area contributed by atoms with Crippen molar-refractivity contribution >= 4 is 33.9 Å². The van der Waals surface area contributed by atoms with E-state index in [0.29, 0.717) is 0 Å². The SMILES string of the molecule is CCn1c2ccccc2c2cc(/C=N/NC(=O)C[n+]3ccccc3)ccc21. The molecule has 0 spiro atoms. The van der Waals surface area contributed by atoms with E-state index < -0.39 is 0 Å². The Bertz CT molecular complexity index is 1130. The summed E-state index contributed by atoms with van der Waals surface area (Å²) in [7, 11) is 0. The molecule has 1 amide bonds. The van der Waals surface area contributed by atoms with Gasteiger partial charge in [-0.3, -0.25) is 4.79 Å². The fourth-order valence-corrected chi connectivity index (χ4v) is 3.41. The number of amides is 1. The molecule has 0 bridgehead atoms. The van der Waals surface area contributed by atoms with E-state index in [0.717, 1.165) is 12.1 Å². The Hall–Kier alpha value is -3.47. The zero-order valence-corrected chi connectivity index (χ0v) is 15.2. The Balaban J connectivity index is 1.55. The molecule has 2 heterocycles. The van der Waals surface area contributed by atoms with Gasteiger partial charge in [0, 0.05) is 40.5 Å². The quantitative estimate of drug-likeness (QED) is 0.333. The Morgan fingerprint density at radius 2 is 1.81 bits per heavy atom. The number of carbonyl (C=O) groups excluding carboxylic acids is 1. The lowest BCUT2D eigenvalue weighted by Gasteiger charge is -2.02. The minimum Gasteiger partial charge on any atom is -0.341 e. The van der Waals surface area contributed by atoms with Crippen LogP contribution in [0.25, 0.3) is 21.8 Å². The molecule has 0 unspecified atom stereocenters. The predicted molar refractivity (Wildman–Crippen MR) is 107 cm³/mol. The number of para-hydroxylation sites is 1. The van der Waals surface area contributed by atoms with Crippen LogP contribution in [0.15, 0.2) is 78.2 Å². The van der Waals surface area contributed by atoms with E-state index in [4.69, 9.17) is 0 Å². The monoisotopic (exact) mass is 357 g/mol. The van der Waals surface area contributed by atoms with Crippen molar-refractivity contribution in [3.63, 3.8) is 0 Å². The van der Waals surface area contributed by atoms with E-state index in [1.165, 1.54) is 21.8 Å². The average Bonchev–Trinajstić information content (AvgIpc) is 3.02. The van der Waals surface area contributed by atoms with Crippen LogP contribution >= 0.6 is 0 Å².